The van der Waals surface area contributed by atoms with Gasteiger partial charge in [-0.2, -0.15) is 0 Å². The van der Waals surface area contributed by atoms with E-state index in [0.717, 1.165) is 66.1 Å². The molecule has 8 bridgehead atoms. The SMILES string of the molecule is C=Cc1ccc2c(c1)-c1nc-2nc2[nH]c(nc3nc(nc4[nH]c(n1)c1ccc(C=C)cc41)-c1cc(C=C)ccc1-3)c1cc(C=C)ccc21. The lowest BCUT2D eigenvalue weighted by Gasteiger charge is -2.00. The topological polar surface area (TPSA) is 109 Å². The molecule has 0 saturated heterocycles. The highest BCUT2D eigenvalue weighted by Gasteiger charge is 2.23. The fourth-order valence-electron chi connectivity index (χ4n) is 6.37. The third-order valence-corrected chi connectivity index (χ3v) is 8.87. The lowest BCUT2D eigenvalue weighted by atomic mass is 10.0. The van der Waals surface area contributed by atoms with Crippen LogP contribution >= 0.6 is 0 Å². The maximum atomic E-state index is 5.13. The Labute approximate surface area is 274 Å². The quantitative estimate of drug-likeness (QED) is 0.203. The molecule has 0 fully saturated rings. The molecule has 4 aromatic carbocycles. The number of hydrogen-bond donors (Lipinski definition) is 2. The number of H-pyrrole nitrogens is 2. The van der Waals surface area contributed by atoms with Gasteiger partial charge in [-0.05, 0) is 70.8 Å². The summed E-state index contributed by atoms with van der Waals surface area (Å²) in [5.74, 6) is 2.14. The minimum atomic E-state index is 0.528. The van der Waals surface area contributed by atoms with Gasteiger partial charge in [-0.15, -0.1) is 0 Å². The van der Waals surface area contributed by atoms with E-state index >= 15 is 0 Å². The zero-order valence-corrected chi connectivity index (χ0v) is 25.7. The zero-order valence-electron chi connectivity index (χ0n) is 25.7. The Hall–Kier alpha value is -6.80. The van der Waals surface area contributed by atoms with E-state index < -0.39 is 0 Å². The van der Waals surface area contributed by atoms with Crippen molar-refractivity contribution in [1.29, 1.82) is 0 Å². The average molecular weight is 619 g/mol. The van der Waals surface area contributed by atoms with E-state index in [1.165, 1.54) is 0 Å². The molecule has 3 aromatic heterocycles. The summed E-state index contributed by atoms with van der Waals surface area (Å²) >= 11 is 0. The average Bonchev–Trinajstić information content (AvgIpc) is 3.85. The number of hydrogen-bond acceptors (Lipinski definition) is 6. The maximum Gasteiger partial charge on any atom is 0.164 e. The van der Waals surface area contributed by atoms with E-state index in [-0.39, 0.29) is 0 Å². The second-order valence-corrected chi connectivity index (χ2v) is 11.6. The first kappa shape index (κ1) is 27.5. The molecule has 48 heavy (non-hydrogen) atoms. The number of aromatic nitrogens is 8. The summed E-state index contributed by atoms with van der Waals surface area (Å²) in [6.07, 6.45) is 7.25. The predicted octanol–water partition coefficient (Wildman–Crippen LogP) is 9.44. The molecule has 2 N–H and O–H groups in total. The van der Waals surface area contributed by atoms with Crippen LogP contribution in [0.15, 0.2) is 99.1 Å². The molecule has 9 rings (SSSR count). The number of rotatable bonds is 4. The van der Waals surface area contributed by atoms with Crippen LogP contribution in [0, 0.1) is 0 Å². The van der Waals surface area contributed by atoms with Gasteiger partial charge in [0.1, 0.15) is 22.6 Å². The first-order valence-corrected chi connectivity index (χ1v) is 15.4. The number of nitrogens with one attached hydrogen (secondary N) is 2. The van der Waals surface area contributed by atoms with Crippen molar-refractivity contribution in [2.24, 2.45) is 0 Å². The van der Waals surface area contributed by atoms with Crippen molar-refractivity contribution in [2.45, 2.75) is 0 Å². The first-order valence-electron chi connectivity index (χ1n) is 15.4. The van der Waals surface area contributed by atoms with Crippen molar-refractivity contribution < 1.29 is 0 Å². The smallest absolute Gasteiger partial charge is 0.164 e. The maximum absolute atomic E-state index is 5.13. The highest BCUT2D eigenvalue weighted by molar-refractivity contribution is 6.07. The van der Waals surface area contributed by atoms with Crippen LogP contribution in [-0.2, 0) is 0 Å². The predicted molar refractivity (Wildman–Crippen MR) is 196 cm³/mol. The van der Waals surface area contributed by atoms with Crippen LogP contribution in [0.2, 0.25) is 0 Å². The Balaban J connectivity index is 1.50. The van der Waals surface area contributed by atoms with Gasteiger partial charge in [-0.3, -0.25) is 0 Å². The molecule has 0 atom stereocenters. The Bertz CT molecular complexity index is 2760. The van der Waals surface area contributed by atoms with E-state index in [2.05, 4.69) is 36.3 Å². The van der Waals surface area contributed by atoms with Crippen LogP contribution in [0.1, 0.15) is 22.3 Å². The summed E-state index contributed by atoms with van der Waals surface area (Å²) in [4.78, 5) is 37.4. The van der Waals surface area contributed by atoms with Crippen molar-refractivity contribution in [1.82, 2.24) is 39.9 Å². The van der Waals surface area contributed by atoms with Crippen LogP contribution < -0.4 is 0 Å². The number of fused-ring (bicyclic) bond motifs is 20. The molecule has 2 aliphatic heterocycles. The third-order valence-electron chi connectivity index (χ3n) is 8.87. The standard InChI is InChI=1S/C40H26N8/c1-5-21-9-13-25-29(17-21)37-42-33(25)41-34-26-14-10-22(6-2)18-30(26)38(43-34)45-36-28-16-12-24(8-4)20-32(28)40(47-36)48-39-31-19-23(7-3)11-15-27(31)35(44-37)46-39/h5-20H,1-4H2,(H2,41,42,43,44,45,46,47,48). The van der Waals surface area contributed by atoms with Crippen molar-refractivity contribution in [2.75, 3.05) is 0 Å². The van der Waals surface area contributed by atoms with E-state index in [4.69, 9.17) is 29.9 Å². The fraction of sp³-hybridized carbons (Fsp3) is 0. The van der Waals surface area contributed by atoms with Gasteiger partial charge in [0.15, 0.2) is 23.3 Å². The highest BCUT2D eigenvalue weighted by atomic mass is 15.1. The number of benzene rings is 4. The van der Waals surface area contributed by atoms with Crippen LogP contribution in [0.25, 0.3) is 114 Å². The summed E-state index contributed by atoms with van der Waals surface area (Å²) in [5.41, 5.74) is 9.77. The Morgan fingerprint density at radius 3 is 1.08 bits per heavy atom. The lowest BCUT2D eigenvalue weighted by molar-refractivity contribution is 1.19. The summed E-state index contributed by atoms with van der Waals surface area (Å²) in [7, 11) is 0. The molecule has 8 heteroatoms. The van der Waals surface area contributed by atoms with E-state index in [1.807, 2.05) is 97.1 Å². The lowest BCUT2D eigenvalue weighted by Crippen LogP contribution is -1.84. The summed E-state index contributed by atoms with van der Waals surface area (Å²) in [5, 5.41) is 3.56. The van der Waals surface area contributed by atoms with Gasteiger partial charge < -0.3 is 9.97 Å². The van der Waals surface area contributed by atoms with E-state index in [1.54, 1.807) is 0 Å². The van der Waals surface area contributed by atoms with Gasteiger partial charge in [-0.25, -0.2) is 29.9 Å². The van der Waals surface area contributed by atoms with Gasteiger partial charge in [0.2, 0.25) is 0 Å². The normalized spacial score (nSPS) is 11.7. The van der Waals surface area contributed by atoms with Crippen LogP contribution in [0.3, 0.4) is 0 Å². The summed E-state index contributed by atoms with van der Waals surface area (Å²) in [6, 6.07) is 24.3. The monoisotopic (exact) mass is 618 g/mol. The fourth-order valence-corrected chi connectivity index (χ4v) is 6.37. The third kappa shape index (κ3) is 4.16. The van der Waals surface area contributed by atoms with Crippen LogP contribution in [0.4, 0.5) is 0 Å². The molecule has 0 saturated carbocycles. The second kappa shape index (κ2) is 10.4. The van der Waals surface area contributed by atoms with Gasteiger partial charge in [-0.1, -0.05) is 74.9 Å². The Morgan fingerprint density at radius 1 is 0.354 bits per heavy atom. The van der Waals surface area contributed by atoms with Crippen molar-refractivity contribution >= 4 is 68.4 Å². The molecule has 0 unspecified atom stereocenters. The number of nitrogens with zero attached hydrogens (tertiary/aromatic N) is 6. The van der Waals surface area contributed by atoms with Crippen molar-refractivity contribution in [3.63, 3.8) is 0 Å². The molecule has 2 aliphatic rings. The largest absolute Gasteiger partial charge is 0.324 e. The van der Waals surface area contributed by atoms with Gasteiger partial charge >= 0.3 is 0 Å². The van der Waals surface area contributed by atoms with Crippen molar-refractivity contribution in [3.8, 4) is 45.6 Å². The molecule has 0 spiro atoms. The molecule has 0 aliphatic carbocycles. The minimum Gasteiger partial charge on any atom is -0.324 e. The zero-order chi connectivity index (χ0) is 32.5. The van der Waals surface area contributed by atoms with Gasteiger partial charge in [0, 0.05) is 43.8 Å². The van der Waals surface area contributed by atoms with E-state index in [9.17, 15) is 0 Å². The molecule has 7 aromatic rings. The Morgan fingerprint density at radius 2 is 0.688 bits per heavy atom. The Kier molecular flexibility index (Phi) is 5.94. The van der Waals surface area contributed by atoms with Gasteiger partial charge in [0.05, 0.1) is 0 Å². The molecule has 8 nitrogen and oxygen atoms in total. The molecule has 0 amide bonds. The molecular formula is C40H26N8. The molecular weight excluding hydrogens is 592 g/mol. The van der Waals surface area contributed by atoms with Crippen LogP contribution in [0.5, 0.6) is 0 Å². The minimum absolute atomic E-state index is 0.528. The molecule has 226 valence electrons. The van der Waals surface area contributed by atoms with Crippen molar-refractivity contribution in [3.05, 3.63) is 121 Å². The number of aromatic amines is 2. The molecule has 0 radical (unpaired) electrons. The van der Waals surface area contributed by atoms with Gasteiger partial charge in [0.25, 0.3) is 0 Å². The first-order chi connectivity index (χ1) is 23.5. The molecule has 5 heterocycles. The summed E-state index contributed by atoms with van der Waals surface area (Å²) < 4.78 is 0. The summed E-state index contributed by atoms with van der Waals surface area (Å²) in [6.45, 7) is 15.9. The highest BCUT2D eigenvalue weighted by Crippen LogP contribution is 2.38. The van der Waals surface area contributed by atoms with Crippen LogP contribution in [-0.4, -0.2) is 39.9 Å². The van der Waals surface area contributed by atoms with E-state index in [0.29, 0.717) is 45.9 Å². The second-order valence-electron chi connectivity index (χ2n) is 11.6.